The monoisotopic (exact) mass is 140 g/mol. The molecule has 0 nitrogen and oxygen atoms in total. The molecule has 0 aliphatic rings. The lowest BCUT2D eigenvalue weighted by Crippen LogP contribution is -1.64. The van der Waals surface area contributed by atoms with Crippen LogP contribution in [0.1, 0.15) is 13.8 Å². The molecule has 0 bridgehead atoms. The minimum absolute atomic E-state index is 0.740. The quantitative estimate of drug-likeness (QED) is 0.388. The molecule has 0 saturated carbocycles. The van der Waals surface area contributed by atoms with Gasteiger partial charge in [-0.2, -0.15) is 0 Å². The molecule has 0 rings (SSSR count). The first-order valence-electron chi connectivity index (χ1n) is 2.64. The number of rotatable bonds is 1. The average Bonchev–Trinajstić information content (AvgIpc) is 1.83. The fraction of sp³-hybridized carbons (Fsp3) is 0.250. The second-order valence-electron chi connectivity index (χ2n) is 1.75. The molecule has 0 spiro atoms. The van der Waals surface area contributed by atoms with Crippen LogP contribution in [0.25, 0.3) is 0 Å². The molecule has 1 heteroatoms. The van der Waals surface area contributed by atoms with Crippen molar-refractivity contribution in [2.45, 2.75) is 13.8 Å². The number of terminal acetylenes is 1. The van der Waals surface area contributed by atoms with Crippen LogP contribution >= 0.6 is 11.6 Å². The van der Waals surface area contributed by atoms with E-state index in [9.17, 15) is 0 Å². The summed E-state index contributed by atoms with van der Waals surface area (Å²) in [6.45, 7) is 3.66. The SMILES string of the molecule is C#CC(C)=CC=C(C)Cl. The van der Waals surface area contributed by atoms with E-state index >= 15 is 0 Å². The smallest absolute Gasteiger partial charge is 0.0150 e. The van der Waals surface area contributed by atoms with E-state index in [0.29, 0.717) is 0 Å². The van der Waals surface area contributed by atoms with Crippen LogP contribution in [0.2, 0.25) is 0 Å². The van der Waals surface area contributed by atoms with Crippen LogP contribution < -0.4 is 0 Å². The lowest BCUT2D eigenvalue weighted by Gasteiger charge is -1.82. The molecule has 0 aromatic carbocycles. The van der Waals surface area contributed by atoms with Gasteiger partial charge in [-0.25, -0.2) is 0 Å². The molecule has 0 aliphatic carbocycles. The summed E-state index contributed by atoms with van der Waals surface area (Å²) >= 11 is 5.53. The zero-order valence-corrected chi connectivity index (χ0v) is 6.37. The summed E-state index contributed by atoms with van der Waals surface area (Å²) in [6, 6.07) is 0. The standard InChI is InChI=1S/C8H9Cl/c1-4-7(2)5-6-8(3)9/h1,5-6H,2-3H3. The molecule has 0 N–H and O–H groups in total. The highest BCUT2D eigenvalue weighted by Gasteiger charge is 1.76. The fourth-order valence-corrected chi connectivity index (χ4v) is 0.351. The third-order valence-corrected chi connectivity index (χ3v) is 0.917. The summed E-state index contributed by atoms with van der Waals surface area (Å²) in [5.41, 5.74) is 0.884. The van der Waals surface area contributed by atoms with Crippen molar-refractivity contribution in [1.29, 1.82) is 0 Å². The Balaban J connectivity index is 4.03. The van der Waals surface area contributed by atoms with Crippen LogP contribution in [0, 0.1) is 12.3 Å². The molecule has 0 heterocycles. The molecule has 0 radical (unpaired) electrons. The zero-order valence-electron chi connectivity index (χ0n) is 5.61. The number of halogens is 1. The predicted molar refractivity (Wildman–Crippen MR) is 42.2 cm³/mol. The van der Waals surface area contributed by atoms with Crippen LogP contribution in [0.4, 0.5) is 0 Å². The van der Waals surface area contributed by atoms with Crippen LogP contribution in [-0.2, 0) is 0 Å². The molecule has 0 aliphatic heterocycles. The van der Waals surface area contributed by atoms with E-state index in [1.54, 1.807) is 6.08 Å². The van der Waals surface area contributed by atoms with E-state index in [1.807, 2.05) is 19.9 Å². The van der Waals surface area contributed by atoms with Crippen molar-refractivity contribution in [3.05, 3.63) is 22.8 Å². The molecule has 0 atom stereocenters. The van der Waals surface area contributed by atoms with Gasteiger partial charge in [0.05, 0.1) is 0 Å². The van der Waals surface area contributed by atoms with E-state index in [4.69, 9.17) is 18.0 Å². The van der Waals surface area contributed by atoms with Crippen molar-refractivity contribution in [2.24, 2.45) is 0 Å². The van der Waals surface area contributed by atoms with E-state index in [1.165, 1.54) is 0 Å². The number of hydrogen-bond donors (Lipinski definition) is 0. The Bertz CT molecular complexity index is 175. The summed E-state index contributed by atoms with van der Waals surface area (Å²) < 4.78 is 0. The molecule has 0 aromatic rings. The highest BCUT2D eigenvalue weighted by molar-refractivity contribution is 6.29. The molecular weight excluding hydrogens is 132 g/mol. The maximum atomic E-state index is 5.53. The van der Waals surface area contributed by atoms with Gasteiger partial charge in [0.1, 0.15) is 0 Å². The second-order valence-corrected chi connectivity index (χ2v) is 2.34. The Hall–Kier alpha value is -0.670. The summed E-state index contributed by atoms with van der Waals surface area (Å²) in [7, 11) is 0. The van der Waals surface area contributed by atoms with Gasteiger partial charge in [0.25, 0.3) is 0 Å². The fourth-order valence-electron chi connectivity index (χ4n) is 0.288. The highest BCUT2D eigenvalue weighted by Crippen LogP contribution is 1.99. The largest absolute Gasteiger partial charge is 0.115 e. The van der Waals surface area contributed by atoms with Crippen LogP contribution in [0.5, 0.6) is 0 Å². The lowest BCUT2D eigenvalue weighted by atomic mass is 10.3. The molecule has 48 valence electrons. The maximum absolute atomic E-state index is 5.53. The first kappa shape index (κ1) is 8.33. The molecule has 0 unspecified atom stereocenters. The third kappa shape index (κ3) is 5.20. The number of hydrogen-bond acceptors (Lipinski definition) is 0. The van der Waals surface area contributed by atoms with Crippen molar-refractivity contribution < 1.29 is 0 Å². The summed E-state index contributed by atoms with van der Waals surface area (Å²) in [5.74, 6) is 2.48. The van der Waals surface area contributed by atoms with Crippen molar-refractivity contribution in [1.82, 2.24) is 0 Å². The van der Waals surface area contributed by atoms with Gasteiger partial charge in [-0.05, 0) is 31.6 Å². The molecule has 0 saturated heterocycles. The molecular formula is C8H9Cl. The predicted octanol–water partition coefficient (Wildman–Crippen LogP) is 2.71. The summed E-state index contributed by atoms with van der Waals surface area (Å²) in [6.07, 6.45) is 8.65. The molecule has 0 amide bonds. The van der Waals surface area contributed by atoms with Gasteiger partial charge >= 0.3 is 0 Å². The van der Waals surface area contributed by atoms with Crippen molar-refractivity contribution in [3.8, 4) is 12.3 Å². The summed E-state index contributed by atoms with van der Waals surface area (Å²) in [4.78, 5) is 0. The minimum Gasteiger partial charge on any atom is -0.115 e. The third-order valence-electron chi connectivity index (χ3n) is 0.791. The maximum Gasteiger partial charge on any atom is 0.0150 e. The Morgan fingerprint density at radius 1 is 1.44 bits per heavy atom. The van der Waals surface area contributed by atoms with Gasteiger partial charge in [-0.3, -0.25) is 0 Å². The summed E-state index contributed by atoms with van der Waals surface area (Å²) in [5, 5.41) is 0.740. The lowest BCUT2D eigenvalue weighted by molar-refractivity contribution is 1.56. The Morgan fingerprint density at radius 3 is 2.33 bits per heavy atom. The van der Waals surface area contributed by atoms with Gasteiger partial charge < -0.3 is 0 Å². The molecule has 9 heavy (non-hydrogen) atoms. The van der Waals surface area contributed by atoms with Gasteiger partial charge in [0.2, 0.25) is 0 Å². The van der Waals surface area contributed by atoms with Crippen molar-refractivity contribution in [2.75, 3.05) is 0 Å². The first-order chi connectivity index (χ1) is 4.16. The Kier molecular flexibility index (Phi) is 3.92. The van der Waals surface area contributed by atoms with Crippen LogP contribution in [0.3, 0.4) is 0 Å². The first-order valence-corrected chi connectivity index (χ1v) is 3.02. The van der Waals surface area contributed by atoms with Crippen molar-refractivity contribution >= 4 is 11.6 Å². The van der Waals surface area contributed by atoms with Crippen molar-refractivity contribution in [3.63, 3.8) is 0 Å². The molecule has 0 aromatic heterocycles. The van der Waals surface area contributed by atoms with Gasteiger partial charge in [-0.1, -0.05) is 17.5 Å². The normalized spacial score (nSPS) is 13.1. The average molecular weight is 141 g/mol. The Labute approximate surface area is 61.2 Å². The Morgan fingerprint density at radius 2 is 2.00 bits per heavy atom. The van der Waals surface area contributed by atoms with Gasteiger partial charge in [0.15, 0.2) is 0 Å². The topological polar surface area (TPSA) is 0 Å². The van der Waals surface area contributed by atoms with Crippen LogP contribution in [-0.4, -0.2) is 0 Å². The van der Waals surface area contributed by atoms with Crippen LogP contribution in [0.15, 0.2) is 22.8 Å². The zero-order chi connectivity index (χ0) is 7.28. The van der Waals surface area contributed by atoms with Gasteiger partial charge in [0, 0.05) is 5.03 Å². The van der Waals surface area contributed by atoms with Gasteiger partial charge in [-0.15, -0.1) is 6.42 Å². The van der Waals surface area contributed by atoms with E-state index in [0.717, 1.165) is 10.6 Å². The van der Waals surface area contributed by atoms with E-state index in [2.05, 4.69) is 5.92 Å². The highest BCUT2D eigenvalue weighted by atomic mass is 35.5. The van der Waals surface area contributed by atoms with E-state index < -0.39 is 0 Å². The number of allylic oxidation sites excluding steroid dienone is 4. The second kappa shape index (κ2) is 4.23. The molecule has 0 fully saturated rings. The minimum atomic E-state index is 0.740. The van der Waals surface area contributed by atoms with E-state index in [-0.39, 0.29) is 0 Å².